The van der Waals surface area contributed by atoms with Gasteiger partial charge in [-0.25, -0.2) is 0 Å². The van der Waals surface area contributed by atoms with Crippen molar-refractivity contribution in [3.63, 3.8) is 0 Å². The average molecular weight is 515 g/mol. The summed E-state index contributed by atoms with van der Waals surface area (Å²) in [4.78, 5) is 6.95. The predicted molar refractivity (Wildman–Crippen MR) is 127 cm³/mol. The molecular weight excluding hydrogens is 485 g/mol. The second kappa shape index (κ2) is 11.6. The molecule has 1 aromatic heterocycles. The number of rotatable bonds is 7. The highest BCUT2D eigenvalue weighted by atomic mass is 127. The van der Waals surface area contributed by atoms with Gasteiger partial charge in [0.05, 0.1) is 19.8 Å². The fourth-order valence-electron chi connectivity index (χ4n) is 3.02. The molecule has 2 N–H and O–H groups in total. The van der Waals surface area contributed by atoms with Crippen molar-refractivity contribution in [3.05, 3.63) is 51.2 Å². The number of halogens is 1. The normalized spacial score (nSPS) is 16.5. The first-order valence-corrected chi connectivity index (χ1v) is 10.3. The summed E-state index contributed by atoms with van der Waals surface area (Å²) in [6, 6.07) is 10.6. The summed E-state index contributed by atoms with van der Waals surface area (Å²) < 4.78 is 11.6. The first kappa shape index (κ1) is 23.0. The van der Waals surface area contributed by atoms with Crippen molar-refractivity contribution in [1.82, 2.24) is 10.6 Å². The van der Waals surface area contributed by atoms with Crippen LogP contribution in [0.3, 0.4) is 0 Å². The number of guanidine groups is 1. The summed E-state index contributed by atoms with van der Waals surface area (Å²) >= 11 is 1.80. The Labute approximate surface area is 189 Å². The Morgan fingerprint density at radius 2 is 2.04 bits per heavy atom. The van der Waals surface area contributed by atoms with Gasteiger partial charge >= 0.3 is 0 Å². The molecule has 1 aromatic carbocycles. The second-order valence-corrected chi connectivity index (χ2v) is 8.32. The predicted octanol–water partition coefficient (Wildman–Crippen LogP) is 4.26. The van der Waals surface area contributed by atoms with Crippen LogP contribution in [0.2, 0.25) is 0 Å². The van der Waals surface area contributed by atoms with E-state index in [-0.39, 0.29) is 24.0 Å². The number of hydrogen-bond donors (Lipinski definition) is 2. The zero-order chi connectivity index (χ0) is 19.1. The minimum absolute atomic E-state index is 0. The van der Waals surface area contributed by atoms with Crippen LogP contribution in [0.4, 0.5) is 0 Å². The molecular formula is C21H30IN3O2S. The van der Waals surface area contributed by atoms with Crippen LogP contribution in [0.25, 0.3) is 0 Å². The maximum absolute atomic E-state index is 6.12. The molecule has 7 heteroatoms. The van der Waals surface area contributed by atoms with Gasteiger partial charge in [-0.1, -0.05) is 12.1 Å². The number of aryl methyl sites for hydroxylation is 2. The zero-order valence-electron chi connectivity index (χ0n) is 16.8. The molecule has 0 bridgehead atoms. The van der Waals surface area contributed by atoms with Crippen molar-refractivity contribution in [2.24, 2.45) is 10.9 Å². The van der Waals surface area contributed by atoms with Gasteiger partial charge < -0.3 is 20.1 Å². The van der Waals surface area contributed by atoms with E-state index in [9.17, 15) is 0 Å². The number of ether oxygens (including phenoxy) is 2. The third-order valence-corrected chi connectivity index (χ3v) is 5.62. The van der Waals surface area contributed by atoms with E-state index in [1.165, 1.54) is 15.3 Å². The third kappa shape index (κ3) is 6.93. The Balaban J connectivity index is 0.00000280. The van der Waals surface area contributed by atoms with Crippen LogP contribution < -0.4 is 15.4 Å². The van der Waals surface area contributed by atoms with Gasteiger partial charge in [-0.15, -0.1) is 35.3 Å². The maximum Gasteiger partial charge on any atom is 0.191 e. The number of nitrogens with zero attached hydrogens (tertiary/aromatic N) is 1. The lowest BCUT2D eigenvalue weighted by atomic mass is 10.1. The minimum Gasteiger partial charge on any atom is -0.493 e. The van der Waals surface area contributed by atoms with E-state index in [1.807, 2.05) is 0 Å². The largest absolute Gasteiger partial charge is 0.493 e. The Kier molecular flexibility index (Phi) is 9.53. The Bertz CT molecular complexity index is 773. The first-order valence-electron chi connectivity index (χ1n) is 9.44. The lowest BCUT2D eigenvalue weighted by Crippen LogP contribution is -2.36. The van der Waals surface area contributed by atoms with Gasteiger partial charge in [0, 0.05) is 41.4 Å². The molecule has 0 aliphatic carbocycles. The SMILES string of the molecule is CN=C(NCc1ccc(C)s1)NCc1ccc(C)cc1OCC1CCOC1.I. The highest BCUT2D eigenvalue weighted by Gasteiger charge is 2.17. The molecule has 1 aliphatic rings. The molecule has 0 spiro atoms. The molecule has 2 aromatic rings. The lowest BCUT2D eigenvalue weighted by molar-refractivity contribution is 0.166. The molecule has 0 saturated carbocycles. The number of hydrogen-bond acceptors (Lipinski definition) is 4. The van der Waals surface area contributed by atoms with Crippen LogP contribution in [-0.2, 0) is 17.8 Å². The van der Waals surface area contributed by atoms with Crippen LogP contribution in [0.15, 0.2) is 35.3 Å². The van der Waals surface area contributed by atoms with Gasteiger partial charge in [0.25, 0.3) is 0 Å². The van der Waals surface area contributed by atoms with Crippen molar-refractivity contribution < 1.29 is 9.47 Å². The van der Waals surface area contributed by atoms with Gasteiger partial charge in [0.15, 0.2) is 5.96 Å². The van der Waals surface area contributed by atoms with E-state index < -0.39 is 0 Å². The minimum atomic E-state index is 0. The quantitative estimate of drug-likeness (QED) is 0.329. The van der Waals surface area contributed by atoms with E-state index >= 15 is 0 Å². The molecule has 1 aliphatic heterocycles. The van der Waals surface area contributed by atoms with Gasteiger partial charge in [0.1, 0.15) is 5.75 Å². The van der Waals surface area contributed by atoms with E-state index in [4.69, 9.17) is 9.47 Å². The van der Waals surface area contributed by atoms with Crippen LogP contribution in [0, 0.1) is 19.8 Å². The summed E-state index contributed by atoms with van der Waals surface area (Å²) in [6.45, 7) is 8.02. The fourth-order valence-corrected chi connectivity index (χ4v) is 3.85. The van der Waals surface area contributed by atoms with Crippen molar-refractivity contribution in [1.29, 1.82) is 0 Å². The molecule has 1 fully saturated rings. The van der Waals surface area contributed by atoms with Crippen molar-refractivity contribution in [3.8, 4) is 5.75 Å². The van der Waals surface area contributed by atoms with E-state index in [0.717, 1.165) is 43.5 Å². The molecule has 3 rings (SSSR count). The first-order chi connectivity index (χ1) is 13.1. The number of thiophene rings is 1. The molecule has 1 atom stereocenters. The van der Waals surface area contributed by atoms with Crippen LogP contribution in [-0.4, -0.2) is 32.8 Å². The number of nitrogens with one attached hydrogen (secondary N) is 2. The summed E-state index contributed by atoms with van der Waals surface area (Å²) in [7, 11) is 1.79. The number of benzene rings is 1. The van der Waals surface area contributed by atoms with Crippen molar-refractivity contribution in [2.75, 3.05) is 26.9 Å². The van der Waals surface area contributed by atoms with E-state index in [0.29, 0.717) is 19.1 Å². The molecule has 0 amide bonds. The monoisotopic (exact) mass is 515 g/mol. The smallest absolute Gasteiger partial charge is 0.191 e. The zero-order valence-corrected chi connectivity index (χ0v) is 19.9. The lowest BCUT2D eigenvalue weighted by Gasteiger charge is -2.16. The highest BCUT2D eigenvalue weighted by Crippen LogP contribution is 2.22. The molecule has 0 radical (unpaired) electrons. The summed E-state index contributed by atoms with van der Waals surface area (Å²) in [5.41, 5.74) is 2.33. The summed E-state index contributed by atoms with van der Waals surface area (Å²) in [6.07, 6.45) is 1.08. The van der Waals surface area contributed by atoms with Crippen molar-refractivity contribution >= 4 is 41.3 Å². The fraction of sp³-hybridized carbons (Fsp3) is 0.476. The maximum atomic E-state index is 6.12. The molecule has 154 valence electrons. The molecule has 28 heavy (non-hydrogen) atoms. The van der Waals surface area contributed by atoms with Gasteiger partial charge in [-0.05, 0) is 44.0 Å². The molecule has 1 unspecified atom stereocenters. The average Bonchev–Trinajstić information content (AvgIpc) is 3.33. The van der Waals surface area contributed by atoms with Gasteiger partial charge in [-0.3, -0.25) is 4.99 Å². The standard InChI is InChI=1S/C21H29N3O2S.HI/c1-15-4-6-18(20(10-15)26-14-17-8-9-25-13-17)11-23-21(22-3)24-12-19-7-5-16(2)27-19;/h4-7,10,17H,8-9,11-14H2,1-3H3,(H2,22,23,24);1H. The third-order valence-electron chi connectivity index (χ3n) is 4.62. The topological polar surface area (TPSA) is 54.9 Å². The summed E-state index contributed by atoms with van der Waals surface area (Å²) in [5, 5.41) is 6.76. The summed E-state index contributed by atoms with van der Waals surface area (Å²) in [5.74, 6) is 2.23. The Hall–Kier alpha value is -1.32. The second-order valence-electron chi connectivity index (χ2n) is 6.94. The van der Waals surface area contributed by atoms with Gasteiger partial charge in [-0.2, -0.15) is 0 Å². The van der Waals surface area contributed by atoms with E-state index in [1.54, 1.807) is 18.4 Å². The van der Waals surface area contributed by atoms with Gasteiger partial charge in [0.2, 0.25) is 0 Å². The molecule has 5 nitrogen and oxygen atoms in total. The Morgan fingerprint density at radius 3 is 2.71 bits per heavy atom. The van der Waals surface area contributed by atoms with Crippen molar-refractivity contribution in [2.45, 2.75) is 33.4 Å². The molecule has 2 heterocycles. The van der Waals surface area contributed by atoms with E-state index in [2.05, 4.69) is 59.8 Å². The van der Waals surface area contributed by atoms with Crippen LogP contribution in [0.5, 0.6) is 5.75 Å². The Morgan fingerprint density at radius 1 is 1.21 bits per heavy atom. The van der Waals surface area contributed by atoms with Crippen LogP contribution in [0.1, 0.15) is 27.3 Å². The molecule has 1 saturated heterocycles. The highest BCUT2D eigenvalue weighted by molar-refractivity contribution is 14.0. The van der Waals surface area contributed by atoms with Crippen LogP contribution >= 0.6 is 35.3 Å². The number of aliphatic imine (C=N–C) groups is 1.